The average molecular weight is 300 g/mol. The number of halogens is 2. The minimum Gasteiger partial charge on any atom is -0.265 e. The minimum absolute atomic E-state index is 0.548. The van der Waals surface area contributed by atoms with E-state index < -0.39 is 8.37 Å². The van der Waals surface area contributed by atoms with Crippen LogP contribution in [0.25, 0.3) is 0 Å². The molecule has 0 aromatic rings. The Morgan fingerprint density at radius 2 is 1.41 bits per heavy atom. The quantitative estimate of drug-likeness (QED) is 0.560. The Balaban J connectivity index is 0.000000437. The standard InChI is InChI=1S/C8H16Cl2N3P.C3H8/c1-5-3-7-8(4-6(5)2)12-14(11-7)13(9)10;1-3-2/h5-8,11-12H,3-4H2,1-2H3;3H2,1-2H3. The Hall–Kier alpha value is 0.890. The van der Waals surface area contributed by atoms with Gasteiger partial charge in [-0.05, 0) is 24.7 Å². The van der Waals surface area contributed by atoms with Gasteiger partial charge in [-0.3, -0.25) is 10.2 Å². The molecule has 0 aromatic carbocycles. The highest BCUT2D eigenvalue weighted by Crippen LogP contribution is 2.46. The summed E-state index contributed by atoms with van der Waals surface area (Å²) in [5, 5.41) is 6.92. The van der Waals surface area contributed by atoms with E-state index in [1.807, 2.05) is 0 Å². The van der Waals surface area contributed by atoms with Crippen LogP contribution < -0.4 is 10.2 Å². The van der Waals surface area contributed by atoms with Crippen LogP contribution >= 0.6 is 31.9 Å². The van der Waals surface area contributed by atoms with Crippen molar-refractivity contribution in [2.45, 2.75) is 59.0 Å². The normalized spacial score (nSPS) is 40.8. The van der Waals surface area contributed by atoms with Crippen LogP contribution in [0.15, 0.2) is 0 Å². The SMILES string of the molecule is CC1CC2NP(N(Cl)Cl)NC2CC1C.CCC. The van der Waals surface area contributed by atoms with Crippen LogP contribution in [0.1, 0.15) is 47.0 Å². The van der Waals surface area contributed by atoms with E-state index in [4.69, 9.17) is 23.6 Å². The lowest BCUT2D eigenvalue weighted by atomic mass is 9.77. The fraction of sp³-hybridized carbons (Fsp3) is 1.00. The Kier molecular flexibility index (Phi) is 7.01. The summed E-state index contributed by atoms with van der Waals surface area (Å²) >= 11 is 11.4. The van der Waals surface area contributed by atoms with Crippen LogP contribution in [-0.2, 0) is 0 Å². The molecular formula is C11H24Cl2N3P. The van der Waals surface area contributed by atoms with Gasteiger partial charge in [0.25, 0.3) is 0 Å². The van der Waals surface area contributed by atoms with Crippen molar-refractivity contribution in [3.05, 3.63) is 0 Å². The van der Waals surface area contributed by atoms with Crippen molar-refractivity contribution in [3.63, 3.8) is 0 Å². The summed E-state index contributed by atoms with van der Waals surface area (Å²) in [6.45, 7) is 8.89. The van der Waals surface area contributed by atoms with Crippen LogP contribution in [0.4, 0.5) is 0 Å². The molecule has 2 fully saturated rings. The Morgan fingerprint density at radius 3 is 1.71 bits per heavy atom. The number of hydrogen-bond donors (Lipinski definition) is 2. The number of nitrogens with zero attached hydrogens (tertiary/aromatic N) is 1. The highest BCUT2D eigenvalue weighted by atomic mass is 35.5. The number of nitrogens with one attached hydrogen (secondary N) is 2. The summed E-state index contributed by atoms with van der Waals surface area (Å²) in [6, 6.07) is 1.10. The predicted octanol–water partition coefficient (Wildman–Crippen LogP) is 4.24. The average Bonchev–Trinajstić information content (AvgIpc) is 2.63. The van der Waals surface area contributed by atoms with Gasteiger partial charge in [-0.1, -0.05) is 37.8 Å². The zero-order valence-electron chi connectivity index (χ0n) is 11.1. The maximum Gasteiger partial charge on any atom is 0.146 e. The molecule has 6 heteroatoms. The largest absolute Gasteiger partial charge is 0.265 e. The van der Waals surface area contributed by atoms with Gasteiger partial charge in [-0.15, -0.1) is 0 Å². The van der Waals surface area contributed by atoms with Gasteiger partial charge in [-0.25, -0.2) is 0 Å². The van der Waals surface area contributed by atoms with E-state index in [1.54, 1.807) is 0 Å². The molecule has 0 spiro atoms. The van der Waals surface area contributed by atoms with Crippen molar-refractivity contribution >= 4 is 31.9 Å². The molecule has 2 rings (SSSR count). The maximum absolute atomic E-state index is 5.72. The van der Waals surface area contributed by atoms with Crippen molar-refractivity contribution in [1.29, 1.82) is 0 Å². The minimum atomic E-state index is -0.728. The van der Waals surface area contributed by atoms with Gasteiger partial charge < -0.3 is 0 Å². The van der Waals surface area contributed by atoms with E-state index in [1.165, 1.54) is 23.0 Å². The molecule has 0 bridgehead atoms. The fourth-order valence-corrected chi connectivity index (χ4v) is 4.29. The van der Waals surface area contributed by atoms with Gasteiger partial charge in [0.05, 0.1) is 0 Å². The number of fused-ring (bicyclic) bond motifs is 1. The Labute approximate surface area is 117 Å². The summed E-state index contributed by atoms with van der Waals surface area (Å²) in [5.74, 6) is 1.58. The first-order valence-electron chi connectivity index (χ1n) is 6.43. The van der Waals surface area contributed by atoms with Crippen LogP contribution in [0.5, 0.6) is 0 Å². The van der Waals surface area contributed by atoms with Gasteiger partial charge >= 0.3 is 0 Å². The van der Waals surface area contributed by atoms with E-state index in [0.717, 1.165) is 11.8 Å². The van der Waals surface area contributed by atoms with Gasteiger partial charge in [0.2, 0.25) is 0 Å². The molecule has 4 unspecified atom stereocenters. The zero-order valence-corrected chi connectivity index (χ0v) is 13.5. The van der Waals surface area contributed by atoms with Crippen LogP contribution in [-0.4, -0.2) is 15.8 Å². The van der Waals surface area contributed by atoms with E-state index >= 15 is 0 Å². The molecule has 4 atom stereocenters. The van der Waals surface area contributed by atoms with Gasteiger partial charge in [0.15, 0.2) is 0 Å². The molecule has 0 amide bonds. The molecule has 2 N–H and O–H groups in total. The summed E-state index contributed by atoms with van der Waals surface area (Å²) in [6.07, 6.45) is 3.69. The molecule has 17 heavy (non-hydrogen) atoms. The first-order chi connectivity index (χ1) is 7.99. The predicted molar refractivity (Wildman–Crippen MR) is 77.8 cm³/mol. The third-order valence-corrected chi connectivity index (χ3v) is 5.80. The molecular weight excluding hydrogens is 276 g/mol. The second-order valence-electron chi connectivity index (χ2n) is 5.13. The highest BCUT2D eigenvalue weighted by molar-refractivity contribution is 7.54. The van der Waals surface area contributed by atoms with Crippen molar-refractivity contribution in [3.8, 4) is 0 Å². The van der Waals surface area contributed by atoms with Crippen molar-refractivity contribution in [2.24, 2.45) is 11.8 Å². The molecule has 1 aliphatic heterocycles. The maximum atomic E-state index is 5.72. The zero-order chi connectivity index (χ0) is 13.0. The molecule has 0 aromatic heterocycles. The smallest absolute Gasteiger partial charge is 0.146 e. The van der Waals surface area contributed by atoms with Crippen LogP contribution in [0, 0.1) is 11.8 Å². The summed E-state index contributed by atoms with van der Waals surface area (Å²) in [7, 11) is -0.728. The Bertz CT molecular complexity index is 213. The first kappa shape index (κ1) is 15.9. The van der Waals surface area contributed by atoms with Crippen molar-refractivity contribution in [1.82, 2.24) is 13.9 Å². The van der Waals surface area contributed by atoms with E-state index in [2.05, 4.69) is 37.9 Å². The summed E-state index contributed by atoms with van der Waals surface area (Å²) in [4.78, 5) is 0. The summed E-state index contributed by atoms with van der Waals surface area (Å²) < 4.78 is 1.23. The highest BCUT2D eigenvalue weighted by Gasteiger charge is 2.41. The van der Waals surface area contributed by atoms with Gasteiger partial charge in [0, 0.05) is 35.6 Å². The topological polar surface area (TPSA) is 27.3 Å². The van der Waals surface area contributed by atoms with Crippen LogP contribution in [0.2, 0.25) is 0 Å². The van der Waals surface area contributed by atoms with Crippen molar-refractivity contribution < 1.29 is 0 Å². The lowest BCUT2D eigenvalue weighted by Gasteiger charge is -2.33. The molecule has 0 radical (unpaired) electrons. The monoisotopic (exact) mass is 299 g/mol. The van der Waals surface area contributed by atoms with Gasteiger partial charge in [0.1, 0.15) is 8.37 Å². The molecule has 3 nitrogen and oxygen atoms in total. The van der Waals surface area contributed by atoms with E-state index in [-0.39, 0.29) is 0 Å². The van der Waals surface area contributed by atoms with E-state index in [9.17, 15) is 0 Å². The number of hydrogen-bond acceptors (Lipinski definition) is 3. The molecule has 1 saturated heterocycles. The first-order valence-corrected chi connectivity index (χ1v) is 8.40. The number of rotatable bonds is 1. The van der Waals surface area contributed by atoms with Gasteiger partial charge in [-0.2, -0.15) is 0 Å². The second kappa shape index (κ2) is 7.47. The molecule has 1 saturated carbocycles. The lowest BCUT2D eigenvalue weighted by molar-refractivity contribution is 0.219. The summed E-state index contributed by atoms with van der Waals surface area (Å²) in [5.41, 5.74) is 0. The fourth-order valence-electron chi connectivity index (χ4n) is 2.32. The molecule has 102 valence electrons. The second-order valence-corrected chi connectivity index (χ2v) is 7.99. The molecule has 2 aliphatic rings. The van der Waals surface area contributed by atoms with Crippen LogP contribution in [0.3, 0.4) is 0 Å². The lowest BCUT2D eigenvalue weighted by Crippen LogP contribution is -2.42. The van der Waals surface area contributed by atoms with Crippen molar-refractivity contribution in [2.75, 3.05) is 0 Å². The molecule has 1 heterocycles. The van der Waals surface area contributed by atoms with E-state index in [0.29, 0.717) is 12.1 Å². The molecule has 1 aliphatic carbocycles. The third-order valence-electron chi connectivity index (χ3n) is 3.44. The Morgan fingerprint density at radius 1 is 1.06 bits per heavy atom. The third kappa shape index (κ3) is 4.49.